The molecule has 0 unspecified atom stereocenters. The van der Waals surface area contributed by atoms with Crippen LogP contribution in [0.25, 0.3) is 0 Å². The van der Waals surface area contributed by atoms with E-state index in [1.165, 1.54) is 33.5 Å². The number of carbonyl (C=O) groups excluding carboxylic acids is 2. The zero-order valence-electron chi connectivity index (χ0n) is 17.1. The number of hydrogen-bond donors (Lipinski definition) is 1. The van der Waals surface area contributed by atoms with Gasteiger partial charge in [-0.05, 0) is 30.5 Å². The summed E-state index contributed by atoms with van der Waals surface area (Å²) in [4.78, 5) is 25.1. The van der Waals surface area contributed by atoms with Gasteiger partial charge in [0.15, 0.2) is 18.1 Å². The highest BCUT2D eigenvalue weighted by molar-refractivity contribution is 5.94. The molecule has 1 N–H and O–H groups in total. The van der Waals surface area contributed by atoms with Gasteiger partial charge in [-0.15, -0.1) is 0 Å². The monoisotopic (exact) mass is 417 g/mol. The van der Waals surface area contributed by atoms with E-state index in [9.17, 15) is 14.0 Å². The lowest BCUT2D eigenvalue weighted by molar-refractivity contribution is -0.156. The predicted octanol–water partition coefficient (Wildman–Crippen LogP) is 3.46. The number of methoxy groups -OCH3 is 3. The summed E-state index contributed by atoms with van der Waals surface area (Å²) < 4.78 is 34.3. The van der Waals surface area contributed by atoms with Gasteiger partial charge in [-0.25, -0.2) is 4.39 Å². The SMILES string of the molecule is COc1cc(NC(=O)COC(=O)C2(c3ccc(F)cc3)CCC2)cc(OC)c1OC. The molecule has 0 saturated heterocycles. The van der Waals surface area contributed by atoms with E-state index < -0.39 is 23.9 Å². The van der Waals surface area contributed by atoms with Gasteiger partial charge < -0.3 is 24.3 Å². The molecule has 2 aromatic carbocycles. The van der Waals surface area contributed by atoms with Crippen LogP contribution in [0.2, 0.25) is 0 Å². The molecule has 0 heterocycles. The molecule has 3 rings (SSSR count). The van der Waals surface area contributed by atoms with Gasteiger partial charge in [0.1, 0.15) is 5.82 Å². The fraction of sp³-hybridized carbons (Fsp3) is 0.364. The van der Waals surface area contributed by atoms with Gasteiger partial charge in [0, 0.05) is 17.8 Å². The van der Waals surface area contributed by atoms with Crippen molar-refractivity contribution in [3.8, 4) is 17.2 Å². The number of rotatable bonds is 8. The first-order valence-corrected chi connectivity index (χ1v) is 9.46. The van der Waals surface area contributed by atoms with Crippen molar-refractivity contribution in [1.29, 1.82) is 0 Å². The van der Waals surface area contributed by atoms with E-state index in [0.29, 0.717) is 41.3 Å². The summed E-state index contributed by atoms with van der Waals surface area (Å²) in [5.74, 6) is -0.198. The van der Waals surface area contributed by atoms with E-state index in [1.807, 2.05) is 0 Å². The van der Waals surface area contributed by atoms with Crippen molar-refractivity contribution in [1.82, 2.24) is 0 Å². The molecule has 0 spiro atoms. The van der Waals surface area contributed by atoms with Crippen molar-refractivity contribution < 1.29 is 32.9 Å². The number of benzene rings is 2. The van der Waals surface area contributed by atoms with Crippen molar-refractivity contribution in [2.75, 3.05) is 33.3 Å². The quantitative estimate of drug-likeness (QED) is 0.663. The number of esters is 1. The van der Waals surface area contributed by atoms with Crippen LogP contribution in [0.3, 0.4) is 0 Å². The van der Waals surface area contributed by atoms with E-state index >= 15 is 0 Å². The summed E-state index contributed by atoms with van der Waals surface area (Å²) in [7, 11) is 4.42. The highest BCUT2D eigenvalue weighted by Gasteiger charge is 2.47. The van der Waals surface area contributed by atoms with Gasteiger partial charge >= 0.3 is 5.97 Å². The number of hydrogen-bond acceptors (Lipinski definition) is 6. The topological polar surface area (TPSA) is 83.1 Å². The lowest BCUT2D eigenvalue weighted by Crippen LogP contribution is -2.44. The maximum atomic E-state index is 13.2. The second kappa shape index (κ2) is 9.02. The smallest absolute Gasteiger partial charge is 0.317 e. The van der Waals surface area contributed by atoms with Gasteiger partial charge in [0.25, 0.3) is 5.91 Å². The minimum absolute atomic E-state index is 0.369. The van der Waals surface area contributed by atoms with E-state index in [2.05, 4.69) is 5.32 Å². The average molecular weight is 417 g/mol. The standard InChI is InChI=1S/C22H24FNO6/c1-27-17-11-16(12-18(28-2)20(17)29-3)24-19(25)13-30-21(26)22(9-4-10-22)14-5-7-15(23)8-6-14/h5-8,11-12H,4,9-10,13H2,1-3H3,(H,24,25). The number of nitrogens with one attached hydrogen (secondary N) is 1. The molecule has 7 nitrogen and oxygen atoms in total. The lowest BCUT2D eigenvalue weighted by Gasteiger charge is -2.39. The largest absolute Gasteiger partial charge is 0.493 e. The third-order valence-electron chi connectivity index (χ3n) is 5.28. The van der Waals surface area contributed by atoms with Crippen molar-refractivity contribution in [2.45, 2.75) is 24.7 Å². The first kappa shape index (κ1) is 21.4. The van der Waals surface area contributed by atoms with Gasteiger partial charge in [-0.1, -0.05) is 18.6 Å². The highest BCUT2D eigenvalue weighted by atomic mass is 19.1. The van der Waals surface area contributed by atoms with Crippen LogP contribution in [0.1, 0.15) is 24.8 Å². The Morgan fingerprint density at radius 3 is 2.07 bits per heavy atom. The molecule has 1 amide bonds. The summed E-state index contributed by atoms with van der Waals surface area (Å²) in [6, 6.07) is 8.97. The molecular formula is C22H24FNO6. The predicted molar refractivity (Wildman–Crippen MR) is 108 cm³/mol. The number of ether oxygens (including phenoxy) is 4. The first-order chi connectivity index (χ1) is 14.4. The molecule has 0 atom stereocenters. The average Bonchev–Trinajstić information content (AvgIpc) is 2.72. The Balaban J connectivity index is 1.66. The fourth-order valence-corrected chi connectivity index (χ4v) is 3.53. The summed E-state index contributed by atoms with van der Waals surface area (Å²) in [6.45, 7) is -0.446. The molecule has 2 aromatic rings. The van der Waals surface area contributed by atoms with E-state index in [-0.39, 0.29) is 5.82 Å². The Hall–Kier alpha value is -3.29. The van der Waals surface area contributed by atoms with Crippen molar-refractivity contribution in [3.63, 3.8) is 0 Å². The van der Waals surface area contributed by atoms with Crippen LogP contribution in [0.15, 0.2) is 36.4 Å². The second-order valence-corrected chi connectivity index (χ2v) is 6.98. The Labute approximate surface area is 174 Å². The normalized spacial score (nSPS) is 14.3. The van der Waals surface area contributed by atoms with Gasteiger partial charge in [-0.2, -0.15) is 0 Å². The molecular weight excluding hydrogens is 393 g/mol. The molecule has 0 aliphatic heterocycles. The fourth-order valence-electron chi connectivity index (χ4n) is 3.53. The van der Waals surface area contributed by atoms with Gasteiger partial charge in [-0.3, -0.25) is 9.59 Å². The zero-order valence-corrected chi connectivity index (χ0v) is 17.1. The number of amides is 1. The Kier molecular flexibility index (Phi) is 6.44. The molecule has 0 bridgehead atoms. The molecule has 1 aliphatic rings. The van der Waals surface area contributed by atoms with E-state index in [1.54, 1.807) is 24.3 Å². The first-order valence-electron chi connectivity index (χ1n) is 9.46. The van der Waals surface area contributed by atoms with Crippen molar-refractivity contribution >= 4 is 17.6 Å². The van der Waals surface area contributed by atoms with Crippen LogP contribution < -0.4 is 19.5 Å². The van der Waals surface area contributed by atoms with Crippen LogP contribution in [0.4, 0.5) is 10.1 Å². The Morgan fingerprint density at radius 1 is 1.00 bits per heavy atom. The number of carbonyl (C=O) groups is 2. The number of halogens is 1. The van der Waals surface area contributed by atoms with Gasteiger partial charge in [0.2, 0.25) is 5.75 Å². The van der Waals surface area contributed by atoms with Gasteiger partial charge in [0.05, 0.1) is 26.7 Å². The molecule has 160 valence electrons. The molecule has 1 aliphatic carbocycles. The third-order valence-corrected chi connectivity index (χ3v) is 5.28. The number of anilines is 1. The van der Waals surface area contributed by atoms with Crippen LogP contribution in [-0.4, -0.2) is 39.8 Å². The molecule has 0 aromatic heterocycles. The maximum absolute atomic E-state index is 13.2. The lowest BCUT2D eigenvalue weighted by atomic mass is 9.64. The minimum atomic E-state index is -0.819. The zero-order chi connectivity index (χ0) is 21.7. The van der Waals surface area contributed by atoms with E-state index in [4.69, 9.17) is 18.9 Å². The van der Waals surface area contributed by atoms with Crippen LogP contribution >= 0.6 is 0 Å². The van der Waals surface area contributed by atoms with Crippen LogP contribution in [0.5, 0.6) is 17.2 Å². The Bertz CT molecular complexity index is 899. The minimum Gasteiger partial charge on any atom is -0.493 e. The van der Waals surface area contributed by atoms with E-state index in [0.717, 1.165) is 6.42 Å². The maximum Gasteiger partial charge on any atom is 0.317 e. The van der Waals surface area contributed by atoms with Crippen molar-refractivity contribution in [3.05, 3.63) is 47.8 Å². The van der Waals surface area contributed by atoms with Crippen molar-refractivity contribution in [2.24, 2.45) is 0 Å². The summed E-state index contributed by atoms with van der Waals surface area (Å²) in [6.07, 6.45) is 2.07. The summed E-state index contributed by atoms with van der Waals surface area (Å²) in [5.41, 5.74) is 0.285. The highest BCUT2D eigenvalue weighted by Crippen LogP contribution is 2.45. The molecule has 1 fully saturated rings. The summed E-state index contributed by atoms with van der Waals surface area (Å²) in [5, 5.41) is 2.65. The summed E-state index contributed by atoms with van der Waals surface area (Å²) >= 11 is 0. The third kappa shape index (κ3) is 4.17. The Morgan fingerprint density at radius 2 is 1.60 bits per heavy atom. The molecule has 0 radical (unpaired) electrons. The van der Waals surface area contributed by atoms with Crippen LogP contribution in [0, 0.1) is 5.82 Å². The van der Waals surface area contributed by atoms with Crippen LogP contribution in [-0.2, 0) is 19.7 Å². The molecule has 1 saturated carbocycles. The second-order valence-electron chi connectivity index (χ2n) is 6.98. The molecule has 8 heteroatoms. The molecule has 30 heavy (non-hydrogen) atoms.